The molecule has 1 unspecified atom stereocenters. The van der Waals surface area contributed by atoms with Crippen LogP contribution < -0.4 is 10.6 Å². The van der Waals surface area contributed by atoms with Gasteiger partial charge in [0, 0.05) is 45.0 Å². The monoisotopic (exact) mass is 293 g/mol. The largest absolute Gasteiger partial charge is 0.481 e. The predicted octanol–water partition coefficient (Wildman–Crippen LogP) is -0.683. The summed E-state index contributed by atoms with van der Waals surface area (Å²) in [7, 11) is 0. The minimum absolute atomic E-state index is 0.0925. The fraction of sp³-hybridized carbons (Fsp3) is 0.538. The van der Waals surface area contributed by atoms with Crippen LogP contribution in [0, 0.1) is 0 Å². The SMILES string of the molecule is NC(CCC(=O)O)C(=O)N1CCN(c2ncccn2)CC1. The first-order valence-electron chi connectivity index (χ1n) is 6.86. The molecule has 0 aromatic carbocycles. The smallest absolute Gasteiger partial charge is 0.303 e. The molecule has 1 aliphatic rings. The van der Waals surface area contributed by atoms with Crippen LogP contribution in [0.4, 0.5) is 5.95 Å². The molecule has 0 radical (unpaired) electrons. The van der Waals surface area contributed by atoms with Gasteiger partial charge in [-0.25, -0.2) is 9.97 Å². The molecule has 1 atom stereocenters. The Bertz CT molecular complexity index is 488. The Morgan fingerprint density at radius 3 is 2.43 bits per heavy atom. The summed E-state index contributed by atoms with van der Waals surface area (Å²) in [4.78, 5) is 34.6. The highest BCUT2D eigenvalue weighted by molar-refractivity contribution is 5.82. The van der Waals surface area contributed by atoms with Gasteiger partial charge in [-0.2, -0.15) is 0 Å². The fourth-order valence-electron chi connectivity index (χ4n) is 2.22. The summed E-state index contributed by atoms with van der Waals surface area (Å²) in [6, 6.07) is 1.01. The van der Waals surface area contributed by atoms with Gasteiger partial charge in [-0.1, -0.05) is 0 Å². The molecule has 1 aromatic heterocycles. The van der Waals surface area contributed by atoms with Crippen molar-refractivity contribution in [3.05, 3.63) is 18.5 Å². The van der Waals surface area contributed by atoms with Crippen LogP contribution in [0.1, 0.15) is 12.8 Å². The van der Waals surface area contributed by atoms with Crippen LogP contribution in [0.5, 0.6) is 0 Å². The number of nitrogens with zero attached hydrogens (tertiary/aromatic N) is 4. The molecule has 1 fully saturated rings. The van der Waals surface area contributed by atoms with Crippen LogP contribution in [0.15, 0.2) is 18.5 Å². The number of rotatable bonds is 5. The molecule has 114 valence electrons. The van der Waals surface area contributed by atoms with Gasteiger partial charge in [0.15, 0.2) is 0 Å². The second kappa shape index (κ2) is 6.98. The minimum atomic E-state index is -0.940. The molecule has 1 saturated heterocycles. The number of nitrogens with two attached hydrogens (primary N) is 1. The van der Waals surface area contributed by atoms with Crippen molar-refractivity contribution in [2.24, 2.45) is 5.73 Å². The summed E-state index contributed by atoms with van der Waals surface area (Å²) in [6.07, 6.45) is 3.43. The zero-order valence-corrected chi connectivity index (χ0v) is 11.7. The van der Waals surface area contributed by atoms with Crippen molar-refractivity contribution in [1.82, 2.24) is 14.9 Å². The first-order valence-corrected chi connectivity index (χ1v) is 6.86. The Labute approximate surface area is 122 Å². The highest BCUT2D eigenvalue weighted by Gasteiger charge is 2.26. The van der Waals surface area contributed by atoms with Gasteiger partial charge in [0.2, 0.25) is 11.9 Å². The molecule has 0 spiro atoms. The summed E-state index contributed by atoms with van der Waals surface area (Å²) in [5.74, 6) is -0.478. The van der Waals surface area contributed by atoms with Crippen molar-refractivity contribution in [2.45, 2.75) is 18.9 Å². The van der Waals surface area contributed by atoms with E-state index in [1.165, 1.54) is 0 Å². The number of hydrogen-bond donors (Lipinski definition) is 2. The molecule has 2 heterocycles. The molecule has 8 heteroatoms. The molecule has 1 aliphatic heterocycles. The van der Waals surface area contributed by atoms with Crippen LogP contribution in [0.2, 0.25) is 0 Å². The number of amides is 1. The van der Waals surface area contributed by atoms with E-state index in [1.54, 1.807) is 23.4 Å². The molecular formula is C13H19N5O3. The Morgan fingerprint density at radius 2 is 1.86 bits per heavy atom. The van der Waals surface area contributed by atoms with E-state index in [0.717, 1.165) is 0 Å². The maximum atomic E-state index is 12.1. The number of piperazine rings is 1. The van der Waals surface area contributed by atoms with E-state index in [9.17, 15) is 9.59 Å². The second-order valence-electron chi connectivity index (χ2n) is 4.90. The van der Waals surface area contributed by atoms with E-state index in [2.05, 4.69) is 9.97 Å². The third-order valence-corrected chi connectivity index (χ3v) is 3.41. The molecule has 21 heavy (non-hydrogen) atoms. The van der Waals surface area contributed by atoms with Gasteiger partial charge in [-0.05, 0) is 12.5 Å². The zero-order chi connectivity index (χ0) is 15.2. The molecular weight excluding hydrogens is 274 g/mol. The van der Waals surface area contributed by atoms with Crippen LogP contribution in [-0.2, 0) is 9.59 Å². The summed E-state index contributed by atoms with van der Waals surface area (Å²) in [5, 5.41) is 8.61. The van der Waals surface area contributed by atoms with Gasteiger partial charge in [0.05, 0.1) is 6.04 Å². The van der Waals surface area contributed by atoms with E-state index < -0.39 is 12.0 Å². The number of aliphatic carboxylic acids is 1. The van der Waals surface area contributed by atoms with Crippen LogP contribution in [0.25, 0.3) is 0 Å². The third-order valence-electron chi connectivity index (χ3n) is 3.41. The second-order valence-corrected chi connectivity index (χ2v) is 4.90. The predicted molar refractivity (Wildman–Crippen MR) is 75.7 cm³/mol. The number of carbonyl (C=O) groups is 2. The molecule has 8 nitrogen and oxygen atoms in total. The highest BCUT2D eigenvalue weighted by Crippen LogP contribution is 2.11. The van der Waals surface area contributed by atoms with Crippen LogP contribution >= 0.6 is 0 Å². The van der Waals surface area contributed by atoms with E-state index in [4.69, 9.17) is 10.8 Å². The first kappa shape index (κ1) is 15.2. The number of carboxylic acid groups (broad SMARTS) is 1. The lowest BCUT2D eigenvalue weighted by molar-refractivity contribution is -0.137. The lowest BCUT2D eigenvalue weighted by Gasteiger charge is -2.35. The van der Waals surface area contributed by atoms with E-state index in [-0.39, 0.29) is 18.7 Å². The quantitative estimate of drug-likeness (QED) is 0.739. The summed E-state index contributed by atoms with van der Waals surface area (Å²) in [6.45, 7) is 2.36. The number of carboxylic acids is 1. The fourth-order valence-corrected chi connectivity index (χ4v) is 2.22. The van der Waals surface area contributed by atoms with E-state index in [1.807, 2.05) is 4.90 Å². The molecule has 2 rings (SSSR count). The van der Waals surface area contributed by atoms with Gasteiger partial charge in [-0.3, -0.25) is 9.59 Å². The molecule has 0 saturated carbocycles. The third kappa shape index (κ3) is 4.12. The van der Waals surface area contributed by atoms with Gasteiger partial charge >= 0.3 is 5.97 Å². The number of aromatic nitrogens is 2. The van der Waals surface area contributed by atoms with Crippen molar-refractivity contribution in [3.8, 4) is 0 Å². The van der Waals surface area contributed by atoms with Gasteiger partial charge < -0.3 is 20.6 Å². The standard InChI is InChI=1S/C13H19N5O3/c14-10(2-3-11(19)20)12(21)17-6-8-18(9-7-17)13-15-4-1-5-16-13/h1,4-5,10H,2-3,6-9,14H2,(H,19,20). The van der Waals surface area contributed by atoms with Crippen LogP contribution in [-0.4, -0.2) is 64.1 Å². The van der Waals surface area contributed by atoms with Gasteiger partial charge in [0.25, 0.3) is 0 Å². The van der Waals surface area contributed by atoms with Gasteiger partial charge in [-0.15, -0.1) is 0 Å². The average molecular weight is 293 g/mol. The van der Waals surface area contributed by atoms with Crippen molar-refractivity contribution in [1.29, 1.82) is 0 Å². The minimum Gasteiger partial charge on any atom is -0.481 e. The Hall–Kier alpha value is -2.22. The molecule has 1 amide bonds. The summed E-state index contributed by atoms with van der Waals surface area (Å²) >= 11 is 0. The Balaban J connectivity index is 1.83. The first-order chi connectivity index (χ1) is 10.1. The topological polar surface area (TPSA) is 113 Å². The lowest BCUT2D eigenvalue weighted by atomic mass is 10.1. The van der Waals surface area contributed by atoms with Crippen molar-refractivity contribution < 1.29 is 14.7 Å². The van der Waals surface area contributed by atoms with Crippen molar-refractivity contribution in [3.63, 3.8) is 0 Å². The van der Waals surface area contributed by atoms with E-state index >= 15 is 0 Å². The molecule has 3 N–H and O–H groups in total. The van der Waals surface area contributed by atoms with Crippen molar-refractivity contribution >= 4 is 17.8 Å². The van der Waals surface area contributed by atoms with Crippen molar-refractivity contribution in [2.75, 3.05) is 31.1 Å². The average Bonchev–Trinajstić information content (AvgIpc) is 2.53. The molecule has 0 bridgehead atoms. The maximum absolute atomic E-state index is 12.1. The summed E-state index contributed by atoms with van der Waals surface area (Å²) < 4.78 is 0. The van der Waals surface area contributed by atoms with Crippen LogP contribution in [0.3, 0.4) is 0 Å². The summed E-state index contributed by atoms with van der Waals surface area (Å²) in [5.41, 5.74) is 5.75. The highest BCUT2D eigenvalue weighted by atomic mass is 16.4. The molecule has 1 aromatic rings. The normalized spacial score (nSPS) is 16.6. The maximum Gasteiger partial charge on any atom is 0.303 e. The Kier molecular flexibility index (Phi) is 5.04. The number of anilines is 1. The number of carbonyl (C=O) groups excluding carboxylic acids is 1. The zero-order valence-electron chi connectivity index (χ0n) is 11.7. The van der Waals surface area contributed by atoms with E-state index in [0.29, 0.717) is 32.1 Å². The molecule has 0 aliphatic carbocycles. The Morgan fingerprint density at radius 1 is 1.24 bits per heavy atom. The van der Waals surface area contributed by atoms with Gasteiger partial charge in [0.1, 0.15) is 0 Å². The lowest BCUT2D eigenvalue weighted by Crippen LogP contribution is -2.53. The number of hydrogen-bond acceptors (Lipinski definition) is 6.